The molecule has 228 valence electrons. The van der Waals surface area contributed by atoms with Crippen LogP contribution in [0, 0.1) is 17.8 Å². The molecule has 1 aromatic heterocycles. The molecule has 1 saturated heterocycles. The number of nitrogens with one attached hydrogen (secondary N) is 2. The van der Waals surface area contributed by atoms with Crippen LogP contribution in [0.4, 0.5) is 0 Å². The van der Waals surface area contributed by atoms with E-state index in [4.69, 9.17) is 4.18 Å². The number of carboxylic acids is 1. The fourth-order valence-electron chi connectivity index (χ4n) is 6.21. The van der Waals surface area contributed by atoms with E-state index in [-0.39, 0.29) is 42.8 Å². The van der Waals surface area contributed by atoms with Gasteiger partial charge >= 0.3 is 5.97 Å². The molecule has 14 heteroatoms. The number of aliphatic carboxylic acids is 1. The average Bonchev–Trinajstić information content (AvgIpc) is 3.78. The van der Waals surface area contributed by atoms with Crippen molar-refractivity contribution in [3.05, 3.63) is 58.8 Å². The van der Waals surface area contributed by atoms with Gasteiger partial charge in [0.15, 0.2) is 11.1 Å². The number of amides is 3. The fraction of sp³-hybridized carbons (Fsp3) is 0.483. The molecule has 0 radical (unpaired) electrons. The molecule has 6 rings (SSSR count). The number of fused-ring (bicyclic) bond motifs is 3. The van der Waals surface area contributed by atoms with Gasteiger partial charge in [-0.3, -0.25) is 23.2 Å². The smallest absolute Gasteiger partial charge is 0.330 e. The summed E-state index contributed by atoms with van der Waals surface area (Å²) >= 11 is 1.48. The quantitative estimate of drug-likeness (QED) is 0.392. The van der Waals surface area contributed by atoms with Gasteiger partial charge in [0.1, 0.15) is 23.3 Å². The first-order valence-corrected chi connectivity index (χ1v) is 16.1. The molecule has 12 nitrogen and oxygen atoms in total. The Hall–Kier alpha value is -3.36. The van der Waals surface area contributed by atoms with E-state index < -0.39 is 58.5 Å². The third-order valence-electron chi connectivity index (χ3n) is 8.80. The van der Waals surface area contributed by atoms with E-state index in [1.54, 1.807) is 43.6 Å². The molecule has 2 aliphatic carbocycles. The summed E-state index contributed by atoms with van der Waals surface area (Å²) in [7, 11) is 1.69. The second-order valence-electron chi connectivity index (χ2n) is 11.7. The number of aromatic nitrogens is 2. The van der Waals surface area contributed by atoms with Crippen molar-refractivity contribution in [3.8, 4) is 0 Å². The Morgan fingerprint density at radius 3 is 2.67 bits per heavy atom. The zero-order chi connectivity index (χ0) is 30.5. The van der Waals surface area contributed by atoms with Crippen LogP contribution in [0.2, 0.25) is 0 Å². The van der Waals surface area contributed by atoms with Crippen LogP contribution in [0.15, 0.2) is 58.0 Å². The number of hydrogen-bond donors (Lipinski definition) is 3. The number of carbonyl (C=O) groups excluding carboxylic acids is 3. The zero-order valence-corrected chi connectivity index (χ0v) is 25.8. The van der Waals surface area contributed by atoms with Gasteiger partial charge in [0.2, 0.25) is 11.8 Å². The minimum absolute atomic E-state index is 0.0189. The lowest BCUT2D eigenvalue weighted by molar-refractivity contribution is -0.145. The van der Waals surface area contributed by atoms with Gasteiger partial charge < -0.3 is 20.6 Å². The number of nitrogens with zero attached hydrogens (tertiary/aromatic N) is 3. The zero-order valence-electron chi connectivity index (χ0n) is 23.4. The molecule has 3 amide bonds. The standard InChI is InChI=1S/C29H32BrN5O7S/c1-34-11-10-22(33-34)25(36)31-24-21-12-16(21)4-2-3-5-17-14-29(17,28(39)40)32-26(37)23-13-19(15-35(23)27(24)38)42-43(41)20-8-6-18(30)7-9-20/h3,5-11,16-17,19,21,23-24H,2,4,12-15H2,1H3,(H,31,36)(H,32,37)(H,39,40)/b5-3-/t16?,17?,19?,21?,23?,24-,29+,43?/m0/s1. The SMILES string of the molecule is Cn1ccc(C(=O)N[C@@H]2C(=O)N3CC(OS(=O)c4ccc(Br)cc4)CC3C(=O)N[C@]3(C(=O)O)CC3/C=C\CCC3CC32)n1. The molecule has 1 aromatic carbocycles. The van der Waals surface area contributed by atoms with Crippen molar-refractivity contribution >= 4 is 50.7 Å². The molecule has 0 bridgehead atoms. The van der Waals surface area contributed by atoms with Gasteiger partial charge in [0.25, 0.3) is 5.91 Å². The minimum Gasteiger partial charge on any atom is -0.479 e. The van der Waals surface area contributed by atoms with E-state index in [0.29, 0.717) is 11.3 Å². The first kappa shape index (κ1) is 29.7. The molecule has 3 fully saturated rings. The lowest BCUT2D eigenvalue weighted by Gasteiger charge is -2.29. The van der Waals surface area contributed by atoms with Crippen LogP contribution in [-0.2, 0) is 36.7 Å². The molecule has 2 saturated carbocycles. The Morgan fingerprint density at radius 1 is 1.21 bits per heavy atom. The molecular formula is C29H32BrN5O7S. The van der Waals surface area contributed by atoms with Gasteiger partial charge in [0, 0.05) is 36.6 Å². The summed E-state index contributed by atoms with van der Waals surface area (Å²) in [6.45, 7) is -0.0457. The molecule has 6 unspecified atom stereocenters. The lowest BCUT2D eigenvalue weighted by atomic mass is 10.0. The van der Waals surface area contributed by atoms with Crippen molar-refractivity contribution in [2.24, 2.45) is 24.8 Å². The second kappa shape index (κ2) is 11.6. The van der Waals surface area contributed by atoms with Crippen molar-refractivity contribution in [1.29, 1.82) is 0 Å². The highest BCUT2D eigenvalue weighted by molar-refractivity contribution is 9.10. The van der Waals surface area contributed by atoms with Crippen molar-refractivity contribution in [1.82, 2.24) is 25.3 Å². The van der Waals surface area contributed by atoms with E-state index in [0.717, 1.165) is 17.3 Å². The highest BCUT2D eigenvalue weighted by atomic mass is 79.9. The molecule has 3 heterocycles. The predicted molar refractivity (Wildman–Crippen MR) is 157 cm³/mol. The maximum Gasteiger partial charge on any atom is 0.330 e. The molecule has 0 spiro atoms. The summed E-state index contributed by atoms with van der Waals surface area (Å²) in [5.41, 5.74) is -1.28. The van der Waals surface area contributed by atoms with Crippen LogP contribution < -0.4 is 10.6 Å². The first-order chi connectivity index (χ1) is 20.6. The molecular weight excluding hydrogens is 642 g/mol. The van der Waals surface area contributed by atoms with E-state index in [1.807, 2.05) is 12.2 Å². The van der Waals surface area contributed by atoms with Crippen LogP contribution in [-0.4, -0.2) is 78.0 Å². The summed E-state index contributed by atoms with van der Waals surface area (Å²) in [5.74, 6) is -3.00. The Bertz CT molecular complexity index is 1510. The highest BCUT2D eigenvalue weighted by Crippen LogP contribution is 2.48. The molecule has 4 aliphatic rings. The van der Waals surface area contributed by atoms with Gasteiger partial charge in [-0.15, -0.1) is 0 Å². The topological polar surface area (TPSA) is 160 Å². The normalized spacial score (nSPS) is 33.2. The summed E-state index contributed by atoms with van der Waals surface area (Å²) in [5, 5.41) is 19.8. The van der Waals surface area contributed by atoms with Crippen molar-refractivity contribution < 1.29 is 32.7 Å². The fourth-order valence-corrected chi connectivity index (χ4v) is 7.33. The highest BCUT2D eigenvalue weighted by Gasteiger charge is 2.62. The average molecular weight is 675 g/mol. The number of carbonyl (C=O) groups is 4. The lowest BCUT2D eigenvalue weighted by Crippen LogP contribution is -2.57. The maximum atomic E-state index is 14.2. The van der Waals surface area contributed by atoms with E-state index in [2.05, 4.69) is 31.7 Å². The Balaban J connectivity index is 1.29. The largest absolute Gasteiger partial charge is 0.479 e. The van der Waals surface area contributed by atoms with Crippen molar-refractivity contribution in [2.45, 2.75) is 60.7 Å². The first-order valence-electron chi connectivity index (χ1n) is 14.2. The molecule has 43 heavy (non-hydrogen) atoms. The van der Waals surface area contributed by atoms with Crippen molar-refractivity contribution in [2.75, 3.05) is 6.54 Å². The number of aryl methyl sites for hydroxylation is 1. The Kier molecular flexibility index (Phi) is 8.03. The summed E-state index contributed by atoms with van der Waals surface area (Å²) in [4.78, 5) is 55.1. The van der Waals surface area contributed by atoms with Gasteiger partial charge in [0.05, 0.1) is 11.0 Å². The third-order valence-corrected chi connectivity index (χ3v) is 10.4. The molecule has 8 atom stereocenters. The number of halogens is 1. The van der Waals surface area contributed by atoms with Crippen molar-refractivity contribution in [3.63, 3.8) is 0 Å². The second-order valence-corrected chi connectivity index (χ2v) is 13.8. The summed E-state index contributed by atoms with van der Waals surface area (Å²) < 4.78 is 21.2. The number of allylic oxidation sites excluding steroid dienone is 1. The van der Waals surface area contributed by atoms with Crippen LogP contribution >= 0.6 is 15.9 Å². The van der Waals surface area contributed by atoms with Crippen LogP contribution in [0.5, 0.6) is 0 Å². The van der Waals surface area contributed by atoms with Crippen LogP contribution in [0.1, 0.15) is 42.6 Å². The van der Waals surface area contributed by atoms with Gasteiger partial charge in [-0.25, -0.2) is 9.00 Å². The monoisotopic (exact) mass is 673 g/mol. The number of rotatable bonds is 6. The number of carboxylic acid groups (broad SMARTS) is 1. The number of hydrogen-bond acceptors (Lipinski definition) is 7. The molecule has 2 aromatic rings. The summed E-state index contributed by atoms with van der Waals surface area (Å²) in [6, 6.07) is 6.33. The van der Waals surface area contributed by atoms with Gasteiger partial charge in [-0.1, -0.05) is 28.1 Å². The van der Waals surface area contributed by atoms with E-state index in [1.165, 1.54) is 9.58 Å². The molecule has 2 aliphatic heterocycles. The third kappa shape index (κ3) is 6.04. The minimum atomic E-state index is -1.87. The van der Waals surface area contributed by atoms with Gasteiger partial charge in [-0.2, -0.15) is 5.10 Å². The Labute approximate surface area is 259 Å². The predicted octanol–water partition coefficient (Wildman–Crippen LogP) is 1.94. The maximum absolute atomic E-state index is 14.2. The Morgan fingerprint density at radius 2 is 1.98 bits per heavy atom. The van der Waals surface area contributed by atoms with Crippen LogP contribution in [0.25, 0.3) is 0 Å². The van der Waals surface area contributed by atoms with Crippen LogP contribution in [0.3, 0.4) is 0 Å². The van der Waals surface area contributed by atoms with E-state index in [9.17, 15) is 28.5 Å². The van der Waals surface area contributed by atoms with E-state index >= 15 is 0 Å². The molecule has 3 N–H and O–H groups in total. The van der Waals surface area contributed by atoms with Gasteiger partial charge in [-0.05, 0) is 67.9 Å². The summed E-state index contributed by atoms with van der Waals surface area (Å²) in [6.07, 6.45) is 7.14. The number of benzene rings is 1.